The van der Waals surface area contributed by atoms with Crippen LogP contribution in [-0.4, -0.2) is 4.98 Å². The first-order chi connectivity index (χ1) is 5.24. The fourth-order valence-electron chi connectivity index (χ4n) is 0.741. The molecule has 0 aromatic carbocycles. The van der Waals surface area contributed by atoms with E-state index >= 15 is 0 Å². The largest absolute Gasteiger partial charge is 0.324 e. The average molecular weight is 147 g/mol. The van der Waals surface area contributed by atoms with E-state index in [9.17, 15) is 0 Å². The van der Waals surface area contributed by atoms with E-state index < -0.39 is 0 Å². The topological polar surface area (TPSA) is 62.7 Å². The van der Waals surface area contributed by atoms with Gasteiger partial charge in [0.1, 0.15) is 11.8 Å². The van der Waals surface area contributed by atoms with Crippen LogP contribution in [0.25, 0.3) is 0 Å². The molecular weight excluding hydrogens is 138 g/mol. The fourth-order valence-corrected chi connectivity index (χ4v) is 0.741. The molecule has 0 unspecified atom stereocenters. The monoisotopic (exact) mass is 147 g/mol. The normalized spacial score (nSPS) is 12.1. The predicted molar refractivity (Wildman–Crippen MR) is 41.6 cm³/mol. The van der Waals surface area contributed by atoms with Crippen molar-refractivity contribution in [3.8, 4) is 6.07 Å². The van der Waals surface area contributed by atoms with Crippen LogP contribution in [0.1, 0.15) is 24.2 Å². The molecule has 0 saturated heterocycles. The molecule has 1 atom stereocenters. The van der Waals surface area contributed by atoms with Crippen LogP contribution in [-0.2, 0) is 0 Å². The first-order valence-corrected chi connectivity index (χ1v) is 3.35. The number of hydrogen-bond donors (Lipinski definition) is 1. The Morgan fingerprint density at radius 1 is 1.64 bits per heavy atom. The summed E-state index contributed by atoms with van der Waals surface area (Å²) >= 11 is 0. The summed E-state index contributed by atoms with van der Waals surface area (Å²) in [7, 11) is 0. The molecule has 0 aliphatic rings. The lowest BCUT2D eigenvalue weighted by molar-refractivity contribution is 0.811. The Bertz CT molecular complexity index is 268. The fraction of sp³-hybridized carbons (Fsp3) is 0.250. The van der Waals surface area contributed by atoms with Gasteiger partial charge in [0, 0.05) is 12.2 Å². The highest BCUT2D eigenvalue weighted by molar-refractivity contribution is 5.24. The van der Waals surface area contributed by atoms with Crippen molar-refractivity contribution >= 4 is 0 Å². The summed E-state index contributed by atoms with van der Waals surface area (Å²) in [5.41, 5.74) is 6.96. The van der Waals surface area contributed by atoms with E-state index in [4.69, 9.17) is 11.0 Å². The van der Waals surface area contributed by atoms with E-state index in [2.05, 4.69) is 4.98 Å². The van der Waals surface area contributed by atoms with Crippen molar-refractivity contribution < 1.29 is 0 Å². The number of hydrogen-bond acceptors (Lipinski definition) is 3. The zero-order valence-corrected chi connectivity index (χ0v) is 6.28. The Morgan fingerprint density at radius 2 is 2.36 bits per heavy atom. The van der Waals surface area contributed by atoms with Gasteiger partial charge in [0.2, 0.25) is 0 Å². The van der Waals surface area contributed by atoms with E-state index in [1.54, 1.807) is 12.3 Å². The van der Waals surface area contributed by atoms with E-state index in [0.717, 1.165) is 5.56 Å². The Kier molecular flexibility index (Phi) is 2.19. The van der Waals surface area contributed by atoms with Gasteiger partial charge in [0.05, 0.1) is 0 Å². The summed E-state index contributed by atoms with van der Waals surface area (Å²) in [5.74, 6) is 0. The van der Waals surface area contributed by atoms with Gasteiger partial charge in [-0.2, -0.15) is 5.26 Å². The van der Waals surface area contributed by atoms with Gasteiger partial charge >= 0.3 is 0 Å². The van der Waals surface area contributed by atoms with Gasteiger partial charge in [-0.25, -0.2) is 4.98 Å². The van der Waals surface area contributed by atoms with Gasteiger partial charge in [-0.3, -0.25) is 0 Å². The second-order valence-electron chi connectivity index (χ2n) is 2.38. The molecule has 1 heterocycles. The van der Waals surface area contributed by atoms with Crippen LogP contribution in [0.4, 0.5) is 0 Å². The van der Waals surface area contributed by atoms with Crippen LogP contribution >= 0.6 is 0 Å². The first kappa shape index (κ1) is 7.70. The molecule has 0 aliphatic carbocycles. The van der Waals surface area contributed by atoms with Gasteiger partial charge in [-0.15, -0.1) is 0 Å². The maximum atomic E-state index is 8.42. The Labute approximate surface area is 65.5 Å². The van der Waals surface area contributed by atoms with Crippen molar-refractivity contribution in [3.63, 3.8) is 0 Å². The number of rotatable bonds is 1. The van der Waals surface area contributed by atoms with Crippen molar-refractivity contribution in [1.82, 2.24) is 4.98 Å². The summed E-state index contributed by atoms with van der Waals surface area (Å²) < 4.78 is 0. The molecule has 2 N–H and O–H groups in total. The molecule has 0 aliphatic heterocycles. The number of nitrogens with two attached hydrogens (primary N) is 1. The first-order valence-electron chi connectivity index (χ1n) is 3.35. The van der Waals surface area contributed by atoms with Gasteiger partial charge in [0.15, 0.2) is 0 Å². The summed E-state index contributed by atoms with van der Waals surface area (Å²) in [5, 5.41) is 8.42. The lowest BCUT2D eigenvalue weighted by atomic mass is 10.1. The molecule has 11 heavy (non-hydrogen) atoms. The smallest absolute Gasteiger partial charge is 0.140 e. The number of nitriles is 1. The van der Waals surface area contributed by atoms with Crippen LogP contribution in [0.2, 0.25) is 0 Å². The van der Waals surface area contributed by atoms with Crippen molar-refractivity contribution in [2.75, 3.05) is 0 Å². The van der Waals surface area contributed by atoms with E-state index in [-0.39, 0.29) is 6.04 Å². The molecule has 0 fully saturated rings. The number of aromatic nitrogens is 1. The van der Waals surface area contributed by atoms with Gasteiger partial charge in [0.25, 0.3) is 0 Å². The molecule has 1 aromatic heterocycles. The zero-order valence-electron chi connectivity index (χ0n) is 6.28. The lowest BCUT2D eigenvalue weighted by Gasteiger charge is -2.02. The van der Waals surface area contributed by atoms with Crippen LogP contribution < -0.4 is 5.73 Å². The second-order valence-corrected chi connectivity index (χ2v) is 2.38. The van der Waals surface area contributed by atoms with Gasteiger partial charge in [-0.1, -0.05) is 6.07 Å². The van der Waals surface area contributed by atoms with E-state index in [0.29, 0.717) is 5.69 Å². The Balaban J connectivity index is 2.94. The summed E-state index contributed by atoms with van der Waals surface area (Å²) in [4.78, 5) is 3.88. The van der Waals surface area contributed by atoms with E-state index in [1.807, 2.05) is 19.1 Å². The predicted octanol–water partition coefficient (Wildman–Crippen LogP) is 0.973. The highest BCUT2D eigenvalue weighted by Gasteiger charge is 1.98. The lowest BCUT2D eigenvalue weighted by Crippen LogP contribution is -2.05. The third kappa shape index (κ3) is 1.76. The minimum atomic E-state index is -0.0183. The van der Waals surface area contributed by atoms with Crippen LogP contribution in [0.3, 0.4) is 0 Å². The highest BCUT2D eigenvalue weighted by Crippen LogP contribution is 2.06. The zero-order chi connectivity index (χ0) is 8.27. The summed E-state index contributed by atoms with van der Waals surface area (Å²) in [6.45, 7) is 1.88. The Hall–Kier alpha value is -1.40. The van der Waals surface area contributed by atoms with Crippen molar-refractivity contribution in [1.29, 1.82) is 5.26 Å². The molecule has 1 rings (SSSR count). The molecular formula is C8H9N3. The minimum Gasteiger partial charge on any atom is -0.324 e. The molecule has 0 spiro atoms. The van der Waals surface area contributed by atoms with Crippen LogP contribution in [0.5, 0.6) is 0 Å². The second kappa shape index (κ2) is 3.13. The average Bonchev–Trinajstić information content (AvgIpc) is 2.05. The van der Waals surface area contributed by atoms with Crippen LogP contribution in [0.15, 0.2) is 18.3 Å². The summed E-state index contributed by atoms with van der Waals surface area (Å²) in [6, 6.07) is 5.40. The molecule has 56 valence electrons. The van der Waals surface area contributed by atoms with Gasteiger partial charge in [-0.05, 0) is 18.6 Å². The molecule has 3 heteroatoms. The third-order valence-electron chi connectivity index (χ3n) is 1.43. The standard InChI is InChI=1S/C8H9N3/c1-6(10)7-2-3-8(4-9)11-5-7/h2-3,5-6H,10H2,1H3/t6-/m1/s1. The maximum absolute atomic E-state index is 8.42. The number of nitrogens with zero attached hydrogens (tertiary/aromatic N) is 2. The minimum absolute atomic E-state index is 0.0183. The quantitative estimate of drug-likeness (QED) is 0.643. The third-order valence-corrected chi connectivity index (χ3v) is 1.43. The maximum Gasteiger partial charge on any atom is 0.140 e. The molecule has 0 amide bonds. The van der Waals surface area contributed by atoms with Crippen molar-refractivity contribution in [2.24, 2.45) is 5.73 Å². The molecule has 0 radical (unpaired) electrons. The Morgan fingerprint density at radius 3 is 2.73 bits per heavy atom. The SMILES string of the molecule is C[C@@H](N)c1ccc(C#N)nc1. The van der Waals surface area contributed by atoms with Crippen molar-refractivity contribution in [3.05, 3.63) is 29.6 Å². The van der Waals surface area contributed by atoms with Gasteiger partial charge < -0.3 is 5.73 Å². The van der Waals surface area contributed by atoms with Crippen molar-refractivity contribution in [2.45, 2.75) is 13.0 Å². The molecule has 0 bridgehead atoms. The molecule has 0 saturated carbocycles. The molecule has 1 aromatic rings. The van der Waals surface area contributed by atoms with E-state index in [1.165, 1.54) is 0 Å². The molecule has 3 nitrogen and oxygen atoms in total. The highest BCUT2D eigenvalue weighted by atomic mass is 14.7. The van der Waals surface area contributed by atoms with Crippen LogP contribution in [0, 0.1) is 11.3 Å². The number of pyridine rings is 1. The summed E-state index contributed by atoms with van der Waals surface area (Å²) in [6.07, 6.45) is 1.63.